The first-order valence-corrected chi connectivity index (χ1v) is 9.91. The van der Waals surface area contributed by atoms with Crippen LogP contribution in [0.3, 0.4) is 0 Å². The number of aliphatic hydroxyl groups excluding tert-OH is 3. The predicted octanol–water partition coefficient (Wildman–Crippen LogP) is 4.05. The molecule has 0 aliphatic heterocycles. The number of allylic oxidation sites excluding steroid dienone is 1. The maximum Gasteiger partial charge on any atom is 0.0759 e. The predicted molar refractivity (Wildman–Crippen MR) is 108 cm³/mol. The Kier molecular flexibility index (Phi) is 12.7. The van der Waals surface area contributed by atoms with Crippen LogP contribution < -0.4 is 0 Å². The molecule has 0 fully saturated rings. The highest BCUT2D eigenvalue weighted by Gasteiger charge is 2.06. The van der Waals surface area contributed by atoms with E-state index < -0.39 is 12.2 Å². The highest BCUT2D eigenvalue weighted by molar-refractivity contribution is 5.45. The summed E-state index contributed by atoms with van der Waals surface area (Å²) in [6.07, 6.45) is 14.9. The van der Waals surface area contributed by atoms with Gasteiger partial charge < -0.3 is 15.3 Å². The molecule has 3 N–H and O–H groups in total. The lowest BCUT2D eigenvalue weighted by Crippen LogP contribution is -2.11. The zero-order valence-electron chi connectivity index (χ0n) is 16.1. The normalized spacial score (nSPS) is 14.3. The first kappa shape index (κ1) is 22.6. The molecule has 4 nitrogen and oxygen atoms in total. The van der Waals surface area contributed by atoms with Crippen LogP contribution in [-0.2, 0) is 6.42 Å². The first-order valence-electron chi connectivity index (χ1n) is 9.91. The van der Waals surface area contributed by atoms with Crippen LogP contribution in [0.2, 0.25) is 0 Å². The molecule has 146 valence electrons. The number of rotatable bonds is 14. The summed E-state index contributed by atoms with van der Waals surface area (Å²) in [5, 5.41) is 28.8. The Morgan fingerprint density at radius 3 is 2.69 bits per heavy atom. The van der Waals surface area contributed by atoms with Crippen molar-refractivity contribution in [2.45, 2.75) is 76.9 Å². The molecule has 1 rings (SSSR count). The Morgan fingerprint density at radius 1 is 1.08 bits per heavy atom. The average Bonchev–Trinajstić information content (AvgIpc) is 2.63. The summed E-state index contributed by atoms with van der Waals surface area (Å²) in [4.78, 5) is 4.52. The van der Waals surface area contributed by atoms with Crippen molar-refractivity contribution in [3.63, 3.8) is 0 Å². The van der Waals surface area contributed by atoms with Crippen molar-refractivity contribution in [1.82, 2.24) is 4.98 Å². The number of unbranched alkanes of at least 4 members (excludes halogenated alkanes) is 4. The molecule has 0 aromatic carbocycles. The van der Waals surface area contributed by atoms with Crippen LogP contribution >= 0.6 is 0 Å². The lowest BCUT2D eigenvalue weighted by atomic mass is 10.1. The van der Waals surface area contributed by atoms with Crippen molar-refractivity contribution in [3.05, 3.63) is 47.8 Å². The number of hydrogen-bond acceptors (Lipinski definition) is 4. The molecule has 0 unspecified atom stereocenters. The third kappa shape index (κ3) is 11.2. The highest BCUT2D eigenvalue weighted by atomic mass is 16.3. The van der Waals surface area contributed by atoms with E-state index in [0.717, 1.165) is 30.7 Å². The number of nitrogens with zero attached hydrogens (tertiary/aromatic N) is 1. The smallest absolute Gasteiger partial charge is 0.0759 e. The summed E-state index contributed by atoms with van der Waals surface area (Å²) in [7, 11) is 0. The molecule has 0 bridgehead atoms. The van der Waals surface area contributed by atoms with Crippen LogP contribution in [0, 0.1) is 0 Å². The van der Waals surface area contributed by atoms with Gasteiger partial charge in [-0.15, -0.1) is 0 Å². The lowest BCUT2D eigenvalue weighted by molar-refractivity contribution is 0.156. The quantitative estimate of drug-likeness (QED) is 0.345. The highest BCUT2D eigenvalue weighted by Crippen LogP contribution is 2.10. The minimum Gasteiger partial charge on any atom is -0.396 e. The Bertz CT molecular complexity index is 528. The van der Waals surface area contributed by atoms with Gasteiger partial charge in [0, 0.05) is 18.7 Å². The molecule has 0 amide bonds. The third-order valence-corrected chi connectivity index (χ3v) is 4.23. The second-order valence-corrected chi connectivity index (χ2v) is 6.76. The second-order valence-electron chi connectivity index (χ2n) is 6.76. The van der Waals surface area contributed by atoms with Crippen LogP contribution in [0.25, 0.3) is 6.08 Å². The largest absolute Gasteiger partial charge is 0.396 e. The van der Waals surface area contributed by atoms with Crippen molar-refractivity contribution < 1.29 is 15.3 Å². The molecular formula is C22H35NO3. The van der Waals surface area contributed by atoms with Crippen LogP contribution in [0.1, 0.15) is 69.7 Å². The summed E-state index contributed by atoms with van der Waals surface area (Å²) in [6, 6.07) is 5.72. The third-order valence-electron chi connectivity index (χ3n) is 4.23. The van der Waals surface area contributed by atoms with Crippen LogP contribution in [0.4, 0.5) is 0 Å². The summed E-state index contributed by atoms with van der Waals surface area (Å²) < 4.78 is 0. The molecule has 0 aliphatic carbocycles. The maximum absolute atomic E-state index is 10.0. The Balaban J connectivity index is 2.40. The van der Waals surface area contributed by atoms with E-state index in [1.54, 1.807) is 6.08 Å². The molecule has 0 aliphatic rings. The molecule has 4 heteroatoms. The van der Waals surface area contributed by atoms with Gasteiger partial charge in [0.05, 0.1) is 17.9 Å². The molecule has 1 aromatic heterocycles. The van der Waals surface area contributed by atoms with E-state index in [1.807, 2.05) is 30.4 Å². The zero-order chi connectivity index (χ0) is 19.0. The molecule has 0 saturated carbocycles. The van der Waals surface area contributed by atoms with Crippen LogP contribution in [0.15, 0.2) is 36.4 Å². The van der Waals surface area contributed by atoms with Gasteiger partial charge in [-0.2, -0.15) is 0 Å². The number of pyridine rings is 1. The van der Waals surface area contributed by atoms with Crippen LogP contribution in [-0.4, -0.2) is 39.1 Å². The average molecular weight is 362 g/mol. The standard InChI is InChI=1S/C22H35NO3/c1-2-3-4-5-6-7-13-21(25)16-15-19-11-10-12-20(23-19)18-22(26)14-8-9-17-24/h6-7,10-12,15-16,21-22,24-26H,2-5,8-9,13-14,17-18H2,1H3/b7-6+,16-15+/t21-,22+/m1/s1. The van der Waals surface area contributed by atoms with Gasteiger partial charge in [-0.3, -0.25) is 4.98 Å². The fourth-order valence-corrected chi connectivity index (χ4v) is 2.69. The van der Waals surface area contributed by atoms with Gasteiger partial charge in [0.1, 0.15) is 0 Å². The van der Waals surface area contributed by atoms with Gasteiger partial charge in [0.2, 0.25) is 0 Å². The van der Waals surface area contributed by atoms with Gasteiger partial charge >= 0.3 is 0 Å². The lowest BCUT2D eigenvalue weighted by Gasteiger charge is -2.10. The van der Waals surface area contributed by atoms with Crippen molar-refractivity contribution >= 4 is 6.08 Å². The van der Waals surface area contributed by atoms with Crippen molar-refractivity contribution in [3.8, 4) is 0 Å². The monoisotopic (exact) mass is 361 g/mol. The van der Waals surface area contributed by atoms with Gasteiger partial charge in [0.25, 0.3) is 0 Å². The molecule has 0 saturated heterocycles. The SMILES string of the molecule is CCCCC/C=C/C[C@@H](O)/C=C/c1cccc(C[C@@H](O)CCCCO)n1. The molecule has 26 heavy (non-hydrogen) atoms. The molecule has 0 radical (unpaired) electrons. The maximum atomic E-state index is 10.0. The fraction of sp³-hybridized carbons (Fsp3) is 0.591. The molecular weight excluding hydrogens is 326 g/mol. The first-order chi connectivity index (χ1) is 12.7. The Hall–Kier alpha value is -1.49. The van der Waals surface area contributed by atoms with Crippen molar-refractivity contribution in [2.24, 2.45) is 0 Å². The Morgan fingerprint density at radius 2 is 1.92 bits per heavy atom. The molecule has 0 spiro atoms. The number of aromatic nitrogens is 1. The Labute approximate surface area is 158 Å². The van der Waals surface area contributed by atoms with Gasteiger partial charge in [-0.05, 0) is 56.7 Å². The van der Waals surface area contributed by atoms with E-state index in [9.17, 15) is 10.2 Å². The fourth-order valence-electron chi connectivity index (χ4n) is 2.69. The minimum atomic E-state index is -0.507. The van der Waals surface area contributed by atoms with E-state index >= 15 is 0 Å². The van der Waals surface area contributed by atoms with Gasteiger partial charge in [-0.1, -0.05) is 44.1 Å². The summed E-state index contributed by atoms with van der Waals surface area (Å²) in [5.41, 5.74) is 1.63. The van der Waals surface area contributed by atoms with Gasteiger partial charge in [-0.25, -0.2) is 0 Å². The zero-order valence-corrected chi connectivity index (χ0v) is 16.1. The summed E-state index contributed by atoms with van der Waals surface area (Å²) >= 11 is 0. The summed E-state index contributed by atoms with van der Waals surface area (Å²) in [6.45, 7) is 2.36. The van der Waals surface area contributed by atoms with E-state index in [2.05, 4.69) is 18.0 Å². The second kappa shape index (κ2) is 14.7. The minimum absolute atomic E-state index is 0.168. The topological polar surface area (TPSA) is 73.6 Å². The van der Waals surface area contributed by atoms with Gasteiger partial charge in [0.15, 0.2) is 0 Å². The van der Waals surface area contributed by atoms with E-state index in [4.69, 9.17) is 5.11 Å². The van der Waals surface area contributed by atoms with E-state index in [-0.39, 0.29) is 6.61 Å². The number of aliphatic hydroxyl groups is 3. The molecule has 2 atom stereocenters. The van der Waals surface area contributed by atoms with Crippen LogP contribution in [0.5, 0.6) is 0 Å². The van der Waals surface area contributed by atoms with E-state index in [1.165, 1.54) is 19.3 Å². The van der Waals surface area contributed by atoms with E-state index in [0.29, 0.717) is 19.3 Å². The number of hydrogen-bond donors (Lipinski definition) is 3. The van der Waals surface area contributed by atoms with Crippen molar-refractivity contribution in [2.75, 3.05) is 6.61 Å². The molecule has 1 aromatic rings. The molecule has 1 heterocycles. The van der Waals surface area contributed by atoms with Crippen molar-refractivity contribution in [1.29, 1.82) is 0 Å². The summed E-state index contributed by atoms with van der Waals surface area (Å²) in [5.74, 6) is 0.